The standard InChI is InChI=1S/C41H37F5N2O6S/c1-41(2,3)29-17-15-26(16-18-29)22-48(33(49)23-47(4)55(51,52)39-37(45)35(43)34(42)36(44)38(39)46)30-19-20-31(40(50)54-25-28-13-9-6-10-14-28)32(21-30)53-24-27-11-7-5-8-12-27/h5-21H,22-25H2,1-4H3. The van der Waals surface area contributed by atoms with Gasteiger partial charge in [-0.05, 0) is 39.8 Å². The number of nitrogens with zero attached hydrogens (tertiary/aromatic N) is 2. The van der Waals surface area contributed by atoms with Crippen LogP contribution in [0.1, 0.15) is 53.4 Å². The number of amides is 1. The quantitative estimate of drug-likeness (QED) is 0.0516. The van der Waals surface area contributed by atoms with Gasteiger partial charge < -0.3 is 14.4 Å². The van der Waals surface area contributed by atoms with Crippen LogP contribution in [0.15, 0.2) is 108 Å². The minimum absolute atomic E-state index is 0.00830. The molecule has 0 N–H and O–H groups in total. The van der Waals surface area contributed by atoms with E-state index in [9.17, 15) is 40.0 Å². The Morgan fingerprint density at radius 1 is 0.673 bits per heavy atom. The highest BCUT2D eigenvalue weighted by molar-refractivity contribution is 7.89. The van der Waals surface area contributed by atoms with Crippen LogP contribution in [0.5, 0.6) is 5.75 Å². The third-order valence-electron chi connectivity index (χ3n) is 8.60. The fourth-order valence-electron chi connectivity index (χ4n) is 5.45. The largest absolute Gasteiger partial charge is 0.488 e. The van der Waals surface area contributed by atoms with E-state index >= 15 is 0 Å². The molecular weight excluding hydrogens is 744 g/mol. The van der Waals surface area contributed by atoms with Crippen molar-refractivity contribution in [3.05, 3.63) is 160 Å². The fraction of sp³-hybridized carbons (Fsp3) is 0.220. The van der Waals surface area contributed by atoms with Crippen molar-refractivity contribution in [3.63, 3.8) is 0 Å². The van der Waals surface area contributed by atoms with Gasteiger partial charge in [0, 0.05) is 18.8 Å². The number of esters is 1. The summed E-state index contributed by atoms with van der Waals surface area (Å²) >= 11 is 0. The summed E-state index contributed by atoms with van der Waals surface area (Å²) in [5.41, 5.74) is 2.99. The zero-order chi connectivity index (χ0) is 40.1. The molecule has 0 unspecified atom stereocenters. The van der Waals surface area contributed by atoms with Gasteiger partial charge in [0.15, 0.2) is 28.2 Å². The molecule has 0 aliphatic carbocycles. The van der Waals surface area contributed by atoms with E-state index in [4.69, 9.17) is 9.47 Å². The summed E-state index contributed by atoms with van der Waals surface area (Å²) in [6.07, 6.45) is 0. The molecule has 5 aromatic carbocycles. The Morgan fingerprint density at radius 2 is 1.20 bits per heavy atom. The Bertz CT molecular complexity index is 2260. The predicted octanol–water partition coefficient (Wildman–Crippen LogP) is 8.47. The lowest BCUT2D eigenvalue weighted by molar-refractivity contribution is -0.118. The van der Waals surface area contributed by atoms with Gasteiger partial charge in [-0.15, -0.1) is 0 Å². The Balaban J connectivity index is 1.53. The average Bonchev–Trinajstić information content (AvgIpc) is 3.17. The monoisotopic (exact) mass is 780 g/mol. The number of halogens is 5. The summed E-state index contributed by atoms with van der Waals surface area (Å²) in [7, 11) is -4.69. The number of ether oxygens (including phenoxy) is 2. The molecule has 0 radical (unpaired) electrons. The van der Waals surface area contributed by atoms with Crippen LogP contribution >= 0.6 is 0 Å². The van der Waals surface area contributed by atoms with Crippen molar-refractivity contribution in [2.45, 2.75) is 50.8 Å². The molecule has 1 amide bonds. The number of carbonyl (C=O) groups is 2. The van der Waals surface area contributed by atoms with Crippen LogP contribution in [0.2, 0.25) is 0 Å². The predicted molar refractivity (Wildman–Crippen MR) is 195 cm³/mol. The Morgan fingerprint density at radius 3 is 1.75 bits per heavy atom. The summed E-state index contributed by atoms with van der Waals surface area (Å²) in [6.45, 7) is 4.75. The molecule has 8 nitrogen and oxygen atoms in total. The van der Waals surface area contributed by atoms with Crippen molar-refractivity contribution in [1.82, 2.24) is 4.31 Å². The zero-order valence-corrected chi connectivity index (χ0v) is 31.1. The van der Waals surface area contributed by atoms with Crippen LogP contribution in [-0.4, -0.2) is 38.2 Å². The van der Waals surface area contributed by atoms with Crippen LogP contribution in [0.3, 0.4) is 0 Å². The number of carbonyl (C=O) groups excluding carboxylic acids is 2. The molecule has 0 saturated heterocycles. The van der Waals surface area contributed by atoms with Crippen LogP contribution in [0.25, 0.3) is 0 Å². The van der Waals surface area contributed by atoms with Crippen molar-refractivity contribution < 1.29 is 49.4 Å². The van der Waals surface area contributed by atoms with Crippen molar-refractivity contribution in [2.24, 2.45) is 0 Å². The van der Waals surface area contributed by atoms with Crippen molar-refractivity contribution in [2.75, 3.05) is 18.5 Å². The maximum Gasteiger partial charge on any atom is 0.342 e. The van der Waals surface area contributed by atoms with E-state index in [-0.39, 0.29) is 46.5 Å². The second kappa shape index (κ2) is 16.8. The maximum absolute atomic E-state index is 14.6. The third kappa shape index (κ3) is 9.38. The first kappa shape index (κ1) is 40.6. The lowest BCUT2D eigenvalue weighted by Crippen LogP contribution is -2.41. The van der Waals surface area contributed by atoms with E-state index in [1.165, 1.54) is 18.2 Å². The summed E-state index contributed by atoms with van der Waals surface area (Å²) in [6, 6.07) is 29.4. The van der Waals surface area contributed by atoms with E-state index in [1.54, 1.807) is 60.7 Å². The Hall–Kier alpha value is -5.60. The lowest BCUT2D eigenvalue weighted by Gasteiger charge is -2.27. The zero-order valence-electron chi connectivity index (χ0n) is 30.3. The summed E-state index contributed by atoms with van der Waals surface area (Å²) in [5, 5.41) is 0. The highest BCUT2D eigenvalue weighted by Gasteiger charge is 2.37. The number of anilines is 1. The first-order valence-electron chi connectivity index (χ1n) is 16.9. The van der Waals surface area contributed by atoms with Gasteiger partial charge >= 0.3 is 5.97 Å². The molecule has 0 aliphatic rings. The molecule has 0 aromatic heterocycles. The molecule has 0 saturated carbocycles. The summed E-state index contributed by atoms with van der Waals surface area (Å²) in [5.74, 6) is -14.3. The van der Waals surface area contributed by atoms with Gasteiger partial charge in [0.25, 0.3) is 0 Å². The number of likely N-dealkylation sites (N-methyl/N-ethyl adjacent to an activating group) is 1. The van der Waals surface area contributed by atoms with Crippen molar-refractivity contribution in [1.29, 1.82) is 0 Å². The first-order chi connectivity index (χ1) is 26.0. The molecule has 0 spiro atoms. The normalized spacial score (nSPS) is 11.7. The van der Waals surface area contributed by atoms with Crippen LogP contribution in [0, 0.1) is 29.1 Å². The number of hydrogen-bond donors (Lipinski definition) is 0. The fourth-order valence-corrected chi connectivity index (χ4v) is 6.67. The second-order valence-electron chi connectivity index (χ2n) is 13.6. The molecule has 0 heterocycles. The van der Waals surface area contributed by atoms with E-state index < -0.39 is 62.4 Å². The highest BCUT2D eigenvalue weighted by atomic mass is 32.2. The highest BCUT2D eigenvalue weighted by Crippen LogP contribution is 2.32. The number of sulfonamides is 1. The van der Waals surface area contributed by atoms with Gasteiger partial charge in [0.1, 0.15) is 24.5 Å². The number of benzene rings is 5. The summed E-state index contributed by atoms with van der Waals surface area (Å²) in [4.78, 5) is 26.5. The molecule has 0 atom stereocenters. The van der Waals surface area contributed by atoms with Crippen LogP contribution in [-0.2, 0) is 44.7 Å². The minimum Gasteiger partial charge on any atom is -0.488 e. The van der Waals surface area contributed by atoms with Crippen molar-refractivity contribution in [3.8, 4) is 5.75 Å². The van der Waals surface area contributed by atoms with Crippen molar-refractivity contribution >= 4 is 27.6 Å². The van der Waals surface area contributed by atoms with Gasteiger partial charge in [-0.3, -0.25) is 4.79 Å². The van der Waals surface area contributed by atoms with Gasteiger partial charge in [-0.2, -0.15) is 4.31 Å². The molecule has 14 heteroatoms. The van der Waals surface area contributed by atoms with E-state index in [0.29, 0.717) is 5.56 Å². The van der Waals surface area contributed by atoms with E-state index in [1.807, 2.05) is 45.0 Å². The van der Waals surface area contributed by atoms with Gasteiger partial charge in [-0.1, -0.05) is 106 Å². The van der Waals surface area contributed by atoms with Crippen LogP contribution in [0.4, 0.5) is 27.6 Å². The van der Waals surface area contributed by atoms with E-state index in [2.05, 4.69) is 0 Å². The molecule has 288 valence electrons. The Labute approximate surface area is 315 Å². The van der Waals surface area contributed by atoms with Gasteiger partial charge in [0.05, 0.1) is 13.1 Å². The average molecular weight is 781 g/mol. The third-order valence-corrected chi connectivity index (χ3v) is 10.4. The van der Waals surface area contributed by atoms with Gasteiger partial charge in [0.2, 0.25) is 21.7 Å². The SMILES string of the molecule is CN(CC(=O)N(Cc1ccc(C(C)(C)C)cc1)c1ccc(C(=O)OCc2ccccc2)c(OCc2ccccc2)c1)S(=O)(=O)c1c(F)c(F)c(F)c(F)c1F. The van der Waals surface area contributed by atoms with Crippen LogP contribution < -0.4 is 9.64 Å². The lowest BCUT2D eigenvalue weighted by atomic mass is 9.87. The topological polar surface area (TPSA) is 93.2 Å². The smallest absolute Gasteiger partial charge is 0.342 e. The summed E-state index contributed by atoms with van der Waals surface area (Å²) < 4.78 is 109. The number of rotatable bonds is 13. The first-order valence-corrected chi connectivity index (χ1v) is 18.3. The molecule has 0 bridgehead atoms. The molecule has 5 rings (SSSR count). The molecule has 0 fully saturated rings. The Kier molecular flexibility index (Phi) is 12.4. The second-order valence-corrected chi connectivity index (χ2v) is 15.6. The molecular formula is C41H37F5N2O6S. The maximum atomic E-state index is 14.6. The van der Waals surface area contributed by atoms with E-state index in [0.717, 1.165) is 28.6 Å². The molecule has 0 aliphatic heterocycles. The number of hydrogen-bond acceptors (Lipinski definition) is 6. The minimum atomic E-state index is -5.46. The van der Waals surface area contributed by atoms with Gasteiger partial charge in [-0.25, -0.2) is 35.2 Å². The molecule has 5 aromatic rings. The molecule has 55 heavy (non-hydrogen) atoms.